The van der Waals surface area contributed by atoms with Crippen LogP contribution in [-0.2, 0) is 6.54 Å². The lowest BCUT2D eigenvalue weighted by molar-refractivity contribution is 0.547. The number of hydrogen-bond donors (Lipinski definition) is 2. The van der Waals surface area contributed by atoms with E-state index in [0.29, 0.717) is 12.6 Å². The van der Waals surface area contributed by atoms with Crippen LogP contribution in [0.1, 0.15) is 6.92 Å². The summed E-state index contributed by atoms with van der Waals surface area (Å²) in [6.07, 6.45) is 3.45. The normalized spacial score (nSPS) is 12.4. The molecule has 0 spiro atoms. The molecule has 0 radical (unpaired) electrons. The van der Waals surface area contributed by atoms with E-state index in [9.17, 15) is 8.78 Å². The summed E-state index contributed by atoms with van der Waals surface area (Å²) < 4.78 is 28.1. The van der Waals surface area contributed by atoms with Gasteiger partial charge in [0, 0.05) is 24.5 Å². The lowest BCUT2D eigenvalue weighted by Crippen LogP contribution is -2.23. The minimum atomic E-state index is -0.863. The molecular formula is C11H13F2N5. The van der Waals surface area contributed by atoms with Crippen LogP contribution in [0.5, 0.6) is 0 Å². The van der Waals surface area contributed by atoms with Crippen LogP contribution >= 0.6 is 0 Å². The monoisotopic (exact) mass is 253 g/mol. The molecule has 0 aliphatic rings. The Morgan fingerprint density at radius 1 is 1.44 bits per heavy atom. The van der Waals surface area contributed by atoms with Gasteiger partial charge >= 0.3 is 0 Å². The van der Waals surface area contributed by atoms with Gasteiger partial charge < -0.3 is 11.1 Å². The third-order valence-electron chi connectivity index (χ3n) is 2.36. The van der Waals surface area contributed by atoms with Crippen molar-refractivity contribution in [3.05, 3.63) is 36.2 Å². The SMILES string of the molecule is CC(Cn1cccn1)Nc1nc(N)c(F)cc1F. The Morgan fingerprint density at radius 3 is 2.89 bits per heavy atom. The summed E-state index contributed by atoms with van der Waals surface area (Å²) in [5, 5.41) is 6.85. The Hall–Kier alpha value is -2.18. The van der Waals surface area contributed by atoms with Crippen molar-refractivity contribution < 1.29 is 8.78 Å². The zero-order valence-electron chi connectivity index (χ0n) is 9.77. The summed E-state index contributed by atoms with van der Waals surface area (Å²) in [5.41, 5.74) is 5.29. The molecule has 7 heteroatoms. The van der Waals surface area contributed by atoms with Gasteiger partial charge in [0.05, 0.1) is 6.54 Å². The average Bonchev–Trinajstić information content (AvgIpc) is 2.78. The van der Waals surface area contributed by atoms with Crippen LogP contribution in [0.25, 0.3) is 0 Å². The minimum Gasteiger partial charge on any atom is -0.381 e. The van der Waals surface area contributed by atoms with Gasteiger partial charge in [-0.2, -0.15) is 5.10 Å². The molecule has 0 fully saturated rings. The van der Waals surface area contributed by atoms with Crippen molar-refractivity contribution in [2.45, 2.75) is 19.5 Å². The highest BCUT2D eigenvalue weighted by Crippen LogP contribution is 2.17. The lowest BCUT2D eigenvalue weighted by Gasteiger charge is -2.15. The standard InChI is InChI=1S/C11H13F2N5/c1-7(6-18-4-2-3-15-18)16-11-9(13)5-8(12)10(14)17-11/h2-5,7H,6H2,1H3,(H3,14,16,17). The van der Waals surface area contributed by atoms with E-state index >= 15 is 0 Å². The largest absolute Gasteiger partial charge is 0.381 e. The van der Waals surface area contributed by atoms with E-state index in [2.05, 4.69) is 15.4 Å². The topological polar surface area (TPSA) is 68.8 Å². The van der Waals surface area contributed by atoms with E-state index in [-0.39, 0.29) is 17.7 Å². The molecule has 0 saturated heterocycles. The minimum absolute atomic E-state index is 0.0615. The Kier molecular flexibility index (Phi) is 3.40. The van der Waals surface area contributed by atoms with Crippen LogP contribution in [0, 0.1) is 11.6 Å². The molecule has 0 aliphatic carbocycles. The molecule has 1 atom stereocenters. The quantitative estimate of drug-likeness (QED) is 0.869. The Balaban J connectivity index is 2.07. The number of halogens is 2. The molecule has 18 heavy (non-hydrogen) atoms. The summed E-state index contributed by atoms with van der Waals surface area (Å²) in [6.45, 7) is 2.37. The number of pyridine rings is 1. The van der Waals surface area contributed by atoms with E-state index in [0.717, 1.165) is 0 Å². The van der Waals surface area contributed by atoms with Crippen molar-refractivity contribution in [1.82, 2.24) is 14.8 Å². The van der Waals surface area contributed by atoms with Gasteiger partial charge in [-0.05, 0) is 13.0 Å². The number of rotatable bonds is 4. The van der Waals surface area contributed by atoms with Crippen molar-refractivity contribution in [2.24, 2.45) is 0 Å². The van der Waals surface area contributed by atoms with Crippen LogP contribution in [0.3, 0.4) is 0 Å². The third-order valence-corrected chi connectivity index (χ3v) is 2.36. The summed E-state index contributed by atoms with van der Waals surface area (Å²) in [6, 6.07) is 2.38. The lowest BCUT2D eigenvalue weighted by atomic mass is 10.3. The van der Waals surface area contributed by atoms with E-state index < -0.39 is 11.6 Å². The van der Waals surface area contributed by atoms with Crippen molar-refractivity contribution in [2.75, 3.05) is 11.1 Å². The first kappa shape index (κ1) is 12.3. The zero-order chi connectivity index (χ0) is 13.1. The zero-order valence-corrected chi connectivity index (χ0v) is 9.77. The molecule has 96 valence electrons. The number of anilines is 2. The molecule has 3 N–H and O–H groups in total. The number of nitrogens with two attached hydrogens (primary N) is 1. The molecule has 0 saturated carbocycles. The Labute approximate surface area is 103 Å². The maximum Gasteiger partial charge on any atom is 0.168 e. The molecule has 2 aromatic rings. The molecular weight excluding hydrogens is 240 g/mol. The summed E-state index contributed by atoms with van der Waals surface area (Å²) in [7, 11) is 0. The van der Waals surface area contributed by atoms with Gasteiger partial charge in [-0.1, -0.05) is 0 Å². The van der Waals surface area contributed by atoms with Crippen molar-refractivity contribution in [3.8, 4) is 0 Å². The fourth-order valence-corrected chi connectivity index (χ4v) is 1.55. The summed E-state index contributed by atoms with van der Waals surface area (Å²) in [5.74, 6) is -2.02. The van der Waals surface area contributed by atoms with Crippen LogP contribution in [0.15, 0.2) is 24.5 Å². The van der Waals surface area contributed by atoms with E-state index in [1.807, 2.05) is 6.92 Å². The van der Waals surface area contributed by atoms with E-state index in [1.165, 1.54) is 0 Å². The van der Waals surface area contributed by atoms with Crippen LogP contribution < -0.4 is 11.1 Å². The number of nitrogen functional groups attached to an aromatic ring is 1. The summed E-state index contributed by atoms with van der Waals surface area (Å²) >= 11 is 0. The van der Waals surface area contributed by atoms with Crippen LogP contribution in [0.2, 0.25) is 0 Å². The van der Waals surface area contributed by atoms with Crippen molar-refractivity contribution in [3.63, 3.8) is 0 Å². The highest BCUT2D eigenvalue weighted by Gasteiger charge is 2.12. The summed E-state index contributed by atoms with van der Waals surface area (Å²) in [4.78, 5) is 3.63. The molecule has 0 amide bonds. The predicted molar refractivity (Wildman–Crippen MR) is 63.9 cm³/mol. The van der Waals surface area contributed by atoms with Crippen molar-refractivity contribution >= 4 is 11.6 Å². The molecule has 0 bridgehead atoms. The maximum absolute atomic E-state index is 13.4. The first-order chi connectivity index (χ1) is 8.56. The number of nitrogens with one attached hydrogen (secondary N) is 1. The molecule has 5 nitrogen and oxygen atoms in total. The van der Waals surface area contributed by atoms with E-state index in [1.54, 1.807) is 23.1 Å². The highest BCUT2D eigenvalue weighted by molar-refractivity contribution is 5.45. The molecule has 0 aliphatic heterocycles. The average molecular weight is 253 g/mol. The first-order valence-electron chi connectivity index (χ1n) is 5.41. The van der Waals surface area contributed by atoms with E-state index in [4.69, 9.17) is 5.73 Å². The maximum atomic E-state index is 13.4. The third kappa shape index (κ3) is 2.73. The second-order valence-electron chi connectivity index (χ2n) is 3.96. The van der Waals surface area contributed by atoms with Crippen molar-refractivity contribution in [1.29, 1.82) is 0 Å². The smallest absolute Gasteiger partial charge is 0.168 e. The number of aromatic nitrogens is 3. The molecule has 2 rings (SSSR count). The second kappa shape index (κ2) is 4.99. The highest BCUT2D eigenvalue weighted by atomic mass is 19.1. The van der Waals surface area contributed by atoms with Crippen LogP contribution in [-0.4, -0.2) is 20.8 Å². The van der Waals surface area contributed by atoms with Crippen LogP contribution in [0.4, 0.5) is 20.4 Å². The second-order valence-corrected chi connectivity index (χ2v) is 3.96. The van der Waals surface area contributed by atoms with Gasteiger partial charge in [0.2, 0.25) is 0 Å². The Bertz CT molecular complexity index is 526. The van der Waals surface area contributed by atoms with Gasteiger partial charge in [-0.15, -0.1) is 0 Å². The number of nitrogens with zero attached hydrogens (tertiary/aromatic N) is 3. The predicted octanol–water partition coefficient (Wildman–Crippen LogP) is 1.64. The van der Waals surface area contributed by atoms with Gasteiger partial charge in [0.1, 0.15) is 0 Å². The first-order valence-corrected chi connectivity index (χ1v) is 5.41. The fraction of sp³-hybridized carbons (Fsp3) is 0.273. The molecule has 2 heterocycles. The fourth-order valence-electron chi connectivity index (χ4n) is 1.55. The number of hydrogen-bond acceptors (Lipinski definition) is 4. The Morgan fingerprint density at radius 2 is 2.22 bits per heavy atom. The van der Waals surface area contributed by atoms with Gasteiger partial charge in [-0.3, -0.25) is 4.68 Å². The van der Waals surface area contributed by atoms with Gasteiger partial charge in [0.25, 0.3) is 0 Å². The van der Waals surface area contributed by atoms with Gasteiger partial charge in [0.15, 0.2) is 23.3 Å². The molecule has 1 unspecified atom stereocenters. The molecule has 2 aromatic heterocycles. The molecule has 0 aromatic carbocycles. The van der Waals surface area contributed by atoms with Gasteiger partial charge in [-0.25, -0.2) is 13.8 Å².